The van der Waals surface area contributed by atoms with Crippen molar-refractivity contribution in [2.75, 3.05) is 0 Å². The summed E-state index contributed by atoms with van der Waals surface area (Å²) in [6.45, 7) is 12.5. The van der Waals surface area contributed by atoms with Crippen molar-refractivity contribution in [3.05, 3.63) is 34.4 Å². The van der Waals surface area contributed by atoms with Crippen LogP contribution in [0.3, 0.4) is 0 Å². The van der Waals surface area contributed by atoms with Crippen LogP contribution in [0, 0.1) is 32.6 Å². The van der Waals surface area contributed by atoms with Gasteiger partial charge in [-0.25, -0.2) is 0 Å². The van der Waals surface area contributed by atoms with Crippen molar-refractivity contribution in [1.82, 2.24) is 0 Å². The molecule has 4 atom stereocenters. The second-order valence-corrected chi connectivity index (χ2v) is 6.45. The Kier molecular flexibility index (Phi) is 4.33. The molecule has 1 fully saturated rings. The van der Waals surface area contributed by atoms with Crippen LogP contribution in [-0.4, -0.2) is 18.0 Å². The van der Waals surface area contributed by atoms with E-state index in [9.17, 15) is 4.79 Å². The van der Waals surface area contributed by atoms with Crippen LogP contribution in [0.5, 0.6) is 0 Å². The number of carbonyl (C=O) groups is 1. The molecule has 2 heteroatoms. The van der Waals surface area contributed by atoms with E-state index in [2.05, 4.69) is 46.8 Å². The Morgan fingerprint density at radius 1 is 1.05 bits per heavy atom. The lowest BCUT2D eigenvalue weighted by atomic mass is 9.82. The van der Waals surface area contributed by atoms with Crippen molar-refractivity contribution in [3.63, 3.8) is 0 Å². The van der Waals surface area contributed by atoms with Crippen molar-refractivity contribution in [2.45, 2.75) is 60.2 Å². The SMILES string of the molecule is Cc1cc(C)c(CC(=O)C2C(C)OC(C)C2C)c(C)c1. The minimum absolute atomic E-state index is 0.0325. The highest BCUT2D eigenvalue weighted by Gasteiger charge is 2.41. The molecule has 1 aliphatic heterocycles. The zero-order valence-corrected chi connectivity index (χ0v) is 13.5. The predicted molar refractivity (Wildman–Crippen MR) is 82.0 cm³/mol. The van der Waals surface area contributed by atoms with E-state index in [0.29, 0.717) is 18.1 Å². The molecule has 1 aromatic carbocycles. The zero-order chi connectivity index (χ0) is 15.0. The number of ketones is 1. The topological polar surface area (TPSA) is 26.3 Å². The van der Waals surface area contributed by atoms with Crippen molar-refractivity contribution in [2.24, 2.45) is 11.8 Å². The van der Waals surface area contributed by atoms with Crippen LogP contribution < -0.4 is 0 Å². The molecule has 20 heavy (non-hydrogen) atoms. The van der Waals surface area contributed by atoms with Gasteiger partial charge in [0.1, 0.15) is 5.78 Å². The van der Waals surface area contributed by atoms with Crippen LogP contribution in [0.1, 0.15) is 43.0 Å². The third-order valence-corrected chi connectivity index (χ3v) is 4.81. The molecule has 0 aromatic heterocycles. The Morgan fingerprint density at radius 3 is 2.05 bits per heavy atom. The Hall–Kier alpha value is -1.15. The van der Waals surface area contributed by atoms with Gasteiger partial charge in [-0.15, -0.1) is 0 Å². The highest BCUT2D eigenvalue weighted by molar-refractivity contribution is 5.85. The van der Waals surface area contributed by atoms with Crippen LogP contribution in [0.4, 0.5) is 0 Å². The van der Waals surface area contributed by atoms with E-state index in [1.807, 2.05) is 6.92 Å². The van der Waals surface area contributed by atoms with Crippen LogP contribution in [0.25, 0.3) is 0 Å². The molecule has 1 aliphatic rings. The molecule has 2 rings (SSSR count). The number of rotatable bonds is 3. The van der Waals surface area contributed by atoms with E-state index in [1.54, 1.807) is 0 Å². The molecule has 0 radical (unpaired) electrons. The first-order chi connectivity index (χ1) is 9.31. The number of ether oxygens (including phenoxy) is 1. The third-order valence-electron chi connectivity index (χ3n) is 4.81. The van der Waals surface area contributed by atoms with Crippen molar-refractivity contribution in [3.8, 4) is 0 Å². The predicted octanol–water partition coefficient (Wildman–Crippen LogP) is 3.78. The Bertz CT molecular complexity index is 495. The van der Waals surface area contributed by atoms with Crippen molar-refractivity contribution >= 4 is 5.78 Å². The zero-order valence-electron chi connectivity index (χ0n) is 13.5. The lowest BCUT2D eigenvalue weighted by Gasteiger charge is -2.19. The summed E-state index contributed by atoms with van der Waals surface area (Å²) in [7, 11) is 0. The van der Waals surface area contributed by atoms with Gasteiger partial charge in [-0.2, -0.15) is 0 Å². The summed E-state index contributed by atoms with van der Waals surface area (Å²) in [4.78, 5) is 12.7. The molecule has 1 saturated heterocycles. The third kappa shape index (κ3) is 2.80. The van der Waals surface area contributed by atoms with Crippen LogP contribution in [-0.2, 0) is 16.0 Å². The molecule has 0 aliphatic carbocycles. The summed E-state index contributed by atoms with van der Waals surface area (Å²) in [6, 6.07) is 4.33. The number of benzene rings is 1. The van der Waals surface area contributed by atoms with E-state index < -0.39 is 0 Å². The monoisotopic (exact) mass is 274 g/mol. The van der Waals surface area contributed by atoms with E-state index in [4.69, 9.17) is 4.74 Å². The molecule has 4 unspecified atom stereocenters. The lowest BCUT2D eigenvalue weighted by Crippen LogP contribution is -2.28. The Labute approximate surface area is 122 Å². The van der Waals surface area contributed by atoms with Crippen LogP contribution in [0.2, 0.25) is 0 Å². The summed E-state index contributed by atoms with van der Waals surface area (Å²) < 4.78 is 5.80. The highest BCUT2D eigenvalue weighted by Crippen LogP contribution is 2.34. The maximum absolute atomic E-state index is 12.7. The van der Waals surface area contributed by atoms with Gasteiger partial charge in [0.25, 0.3) is 0 Å². The second-order valence-electron chi connectivity index (χ2n) is 6.45. The van der Waals surface area contributed by atoms with Gasteiger partial charge in [0.15, 0.2) is 0 Å². The molecular weight excluding hydrogens is 248 g/mol. The summed E-state index contributed by atoms with van der Waals surface area (Å²) in [5.74, 6) is 0.665. The molecule has 2 nitrogen and oxygen atoms in total. The minimum Gasteiger partial charge on any atom is -0.375 e. The van der Waals surface area contributed by atoms with Gasteiger partial charge in [0.05, 0.1) is 12.2 Å². The van der Waals surface area contributed by atoms with E-state index in [1.165, 1.54) is 22.3 Å². The molecular formula is C18H26O2. The summed E-state index contributed by atoms with van der Waals surface area (Å²) in [6.07, 6.45) is 0.755. The van der Waals surface area contributed by atoms with Crippen LogP contribution in [0.15, 0.2) is 12.1 Å². The number of hydrogen-bond donors (Lipinski definition) is 0. The molecule has 1 aromatic rings. The number of carbonyl (C=O) groups excluding carboxylic acids is 1. The number of hydrogen-bond acceptors (Lipinski definition) is 2. The highest BCUT2D eigenvalue weighted by atomic mass is 16.5. The van der Waals surface area contributed by atoms with E-state index >= 15 is 0 Å². The standard InChI is InChI=1S/C18H26O2/c1-10-7-11(2)16(12(3)8-10)9-17(19)18-13(4)14(5)20-15(18)6/h7-8,13-15,18H,9H2,1-6H3. The minimum atomic E-state index is 0.0325. The van der Waals surface area contributed by atoms with Gasteiger partial charge in [-0.1, -0.05) is 24.6 Å². The fourth-order valence-corrected chi connectivity index (χ4v) is 3.60. The number of aryl methyl sites for hydroxylation is 3. The molecule has 110 valence electrons. The first-order valence-corrected chi connectivity index (χ1v) is 7.56. The summed E-state index contributed by atoms with van der Waals surface area (Å²) in [5.41, 5.74) is 4.90. The first-order valence-electron chi connectivity index (χ1n) is 7.56. The molecule has 0 saturated carbocycles. The van der Waals surface area contributed by atoms with Gasteiger partial charge in [0.2, 0.25) is 0 Å². The molecule has 0 N–H and O–H groups in total. The lowest BCUT2D eigenvalue weighted by molar-refractivity contribution is -0.124. The maximum atomic E-state index is 12.7. The molecule has 1 heterocycles. The van der Waals surface area contributed by atoms with E-state index in [-0.39, 0.29) is 18.1 Å². The smallest absolute Gasteiger partial charge is 0.143 e. The Morgan fingerprint density at radius 2 is 1.60 bits per heavy atom. The van der Waals surface area contributed by atoms with Gasteiger partial charge in [0, 0.05) is 12.3 Å². The average molecular weight is 274 g/mol. The van der Waals surface area contributed by atoms with Gasteiger partial charge < -0.3 is 4.74 Å². The van der Waals surface area contributed by atoms with E-state index in [0.717, 1.165) is 0 Å². The normalized spacial score (nSPS) is 29.7. The summed E-state index contributed by atoms with van der Waals surface area (Å²) in [5, 5.41) is 0. The van der Waals surface area contributed by atoms with Crippen LogP contribution >= 0.6 is 0 Å². The van der Waals surface area contributed by atoms with Crippen molar-refractivity contribution in [1.29, 1.82) is 0 Å². The Balaban J connectivity index is 2.21. The van der Waals surface area contributed by atoms with Gasteiger partial charge in [-0.05, 0) is 57.2 Å². The molecule has 0 spiro atoms. The van der Waals surface area contributed by atoms with Gasteiger partial charge >= 0.3 is 0 Å². The average Bonchev–Trinajstić information content (AvgIpc) is 2.58. The van der Waals surface area contributed by atoms with Crippen molar-refractivity contribution < 1.29 is 9.53 Å². The second kappa shape index (κ2) is 5.69. The van der Waals surface area contributed by atoms with Gasteiger partial charge in [-0.3, -0.25) is 4.79 Å². The summed E-state index contributed by atoms with van der Waals surface area (Å²) >= 11 is 0. The largest absolute Gasteiger partial charge is 0.375 e. The molecule has 0 amide bonds. The fourth-order valence-electron chi connectivity index (χ4n) is 3.60. The number of Topliss-reactive ketones (excluding diaryl/α,β-unsaturated/α-hetero) is 1. The fraction of sp³-hybridized carbons (Fsp3) is 0.611. The molecule has 0 bridgehead atoms. The maximum Gasteiger partial charge on any atom is 0.143 e. The quantitative estimate of drug-likeness (QED) is 0.838. The first kappa shape index (κ1) is 15.2.